The van der Waals surface area contributed by atoms with Crippen molar-refractivity contribution in [3.63, 3.8) is 0 Å². The highest BCUT2D eigenvalue weighted by Gasteiger charge is 2.31. The third kappa shape index (κ3) is 6.46. The fourth-order valence-electron chi connectivity index (χ4n) is 9.21. The van der Waals surface area contributed by atoms with E-state index in [1.807, 2.05) is 36.4 Å². The van der Waals surface area contributed by atoms with Gasteiger partial charge in [-0.15, -0.1) is 0 Å². The molecule has 1 aliphatic heterocycles. The van der Waals surface area contributed by atoms with Gasteiger partial charge in [0.1, 0.15) is 0 Å². The van der Waals surface area contributed by atoms with Gasteiger partial charge in [0.05, 0.1) is 22.6 Å². The van der Waals surface area contributed by atoms with Crippen molar-refractivity contribution in [2.24, 2.45) is 0 Å². The lowest BCUT2D eigenvalue weighted by molar-refractivity contribution is 1.07. The highest BCUT2D eigenvalue weighted by molar-refractivity contribution is 6.13. The average Bonchev–Trinajstić information content (AvgIpc) is 3.65. The molecule has 64 heavy (non-hydrogen) atoms. The van der Waals surface area contributed by atoms with Gasteiger partial charge in [0.2, 0.25) is 0 Å². The van der Waals surface area contributed by atoms with Crippen LogP contribution in [0.4, 0.5) is 17.1 Å². The Kier molecular flexibility index (Phi) is 9.08. The number of nitrogens with zero attached hydrogens (tertiary/aromatic N) is 5. The maximum atomic E-state index is 5.14. The Morgan fingerprint density at radius 3 is 1.41 bits per heavy atom. The van der Waals surface area contributed by atoms with Crippen LogP contribution in [0.1, 0.15) is 0 Å². The Hall–Kier alpha value is -8.67. The van der Waals surface area contributed by atoms with Crippen molar-refractivity contribution >= 4 is 28.0 Å². The molecule has 0 aliphatic carbocycles. The van der Waals surface area contributed by atoms with Crippen LogP contribution < -0.4 is 4.90 Å². The van der Waals surface area contributed by atoms with E-state index >= 15 is 0 Å². The topological polar surface area (TPSA) is 46.8 Å². The summed E-state index contributed by atoms with van der Waals surface area (Å²) in [6.45, 7) is 0. The van der Waals surface area contributed by atoms with E-state index in [-0.39, 0.29) is 0 Å². The molecule has 3 heterocycles. The fraction of sp³-hybridized carbons (Fsp3) is 0. The predicted octanol–water partition coefficient (Wildman–Crippen LogP) is 15.3. The number of rotatable bonds is 7. The van der Waals surface area contributed by atoms with Gasteiger partial charge in [0.25, 0.3) is 0 Å². The first-order valence-corrected chi connectivity index (χ1v) is 21.6. The highest BCUT2D eigenvalue weighted by atomic mass is 15.2. The Labute approximate surface area is 371 Å². The first-order chi connectivity index (χ1) is 31.7. The highest BCUT2D eigenvalue weighted by Crippen LogP contribution is 2.54. The maximum Gasteiger partial charge on any atom is 0.164 e. The number of para-hydroxylation sites is 4. The van der Waals surface area contributed by atoms with Gasteiger partial charge >= 0.3 is 0 Å². The van der Waals surface area contributed by atoms with E-state index in [1.54, 1.807) is 0 Å². The molecule has 0 saturated heterocycles. The standard InChI is InChI=1S/C59H39N5/c1-5-18-40(19-6-1)41-32-34-43(35-33-41)58-60-57(42-20-7-2-8-21-42)61-59(62-58)46-23-17-22-44(38-46)45-36-37-54-51(39-45)55-49-28-13-15-30-52(49)63(47-24-9-3-10-25-47)53-31-16-14-29-50(53)56(55)64(54)48-26-11-4-12-27-48/h1-39H. The molecule has 1 aliphatic rings. The molecule has 0 unspecified atom stereocenters. The molecule has 5 heteroatoms. The summed E-state index contributed by atoms with van der Waals surface area (Å²) < 4.78 is 2.44. The second kappa shape index (κ2) is 15.7. The lowest BCUT2D eigenvalue weighted by Gasteiger charge is -2.27. The van der Waals surface area contributed by atoms with Crippen LogP contribution in [0.3, 0.4) is 0 Å². The molecule has 0 saturated carbocycles. The van der Waals surface area contributed by atoms with Crippen LogP contribution in [0.15, 0.2) is 237 Å². The first kappa shape index (κ1) is 37.1. The number of aromatic nitrogens is 4. The zero-order valence-electron chi connectivity index (χ0n) is 34.8. The van der Waals surface area contributed by atoms with Crippen LogP contribution in [0.2, 0.25) is 0 Å². The van der Waals surface area contributed by atoms with E-state index in [4.69, 9.17) is 15.0 Å². The summed E-state index contributed by atoms with van der Waals surface area (Å²) in [5.74, 6) is 1.88. The van der Waals surface area contributed by atoms with Crippen LogP contribution in [-0.2, 0) is 0 Å². The number of hydrogen-bond acceptors (Lipinski definition) is 4. The number of anilines is 3. The van der Waals surface area contributed by atoms with Crippen molar-refractivity contribution in [1.82, 2.24) is 19.5 Å². The molecule has 2 aromatic heterocycles. The third-order valence-corrected chi connectivity index (χ3v) is 12.2. The molecule has 12 rings (SSSR count). The Morgan fingerprint density at radius 2 is 0.734 bits per heavy atom. The predicted molar refractivity (Wildman–Crippen MR) is 263 cm³/mol. The van der Waals surface area contributed by atoms with Crippen molar-refractivity contribution in [3.05, 3.63) is 237 Å². The molecule has 0 N–H and O–H groups in total. The summed E-state index contributed by atoms with van der Waals surface area (Å²) in [5.41, 5.74) is 17.6. The van der Waals surface area contributed by atoms with E-state index < -0.39 is 0 Å². The number of benzene rings is 9. The summed E-state index contributed by atoms with van der Waals surface area (Å²) in [6, 6.07) is 83.6. The van der Waals surface area contributed by atoms with Crippen molar-refractivity contribution in [2.45, 2.75) is 0 Å². The smallest absolute Gasteiger partial charge is 0.164 e. The fourth-order valence-corrected chi connectivity index (χ4v) is 9.21. The van der Waals surface area contributed by atoms with Crippen molar-refractivity contribution in [1.29, 1.82) is 0 Å². The second-order valence-electron chi connectivity index (χ2n) is 16.0. The molecule has 0 fully saturated rings. The SMILES string of the molecule is c1ccc(-c2ccc(-c3nc(-c4ccccc4)nc(-c4cccc(-c5ccc6c(c5)c5c(n6-c6ccccc6)-c6ccccc6N(c6ccccc6)c6ccccc6-5)c4)n3)cc2)cc1. The van der Waals surface area contributed by atoms with Crippen LogP contribution in [0, 0.1) is 0 Å². The van der Waals surface area contributed by atoms with E-state index in [2.05, 4.69) is 210 Å². The Morgan fingerprint density at radius 1 is 0.297 bits per heavy atom. The van der Waals surface area contributed by atoms with Crippen LogP contribution in [-0.4, -0.2) is 19.5 Å². The summed E-state index contributed by atoms with van der Waals surface area (Å²) in [6.07, 6.45) is 0. The minimum absolute atomic E-state index is 0.620. The molecular weight excluding hydrogens is 779 g/mol. The summed E-state index contributed by atoms with van der Waals surface area (Å²) >= 11 is 0. The van der Waals surface area contributed by atoms with Crippen molar-refractivity contribution in [3.8, 4) is 84.5 Å². The molecule has 0 amide bonds. The minimum atomic E-state index is 0.620. The molecule has 0 bridgehead atoms. The molecule has 0 spiro atoms. The van der Waals surface area contributed by atoms with Gasteiger partial charge in [0, 0.05) is 50.1 Å². The van der Waals surface area contributed by atoms with Crippen molar-refractivity contribution < 1.29 is 0 Å². The van der Waals surface area contributed by atoms with Gasteiger partial charge in [-0.25, -0.2) is 15.0 Å². The van der Waals surface area contributed by atoms with Gasteiger partial charge in [-0.05, 0) is 76.9 Å². The van der Waals surface area contributed by atoms with E-state index in [9.17, 15) is 0 Å². The van der Waals surface area contributed by atoms with Crippen LogP contribution in [0.5, 0.6) is 0 Å². The molecule has 0 radical (unpaired) electrons. The third-order valence-electron chi connectivity index (χ3n) is 12.2. The van der Waals surface area contributed by atoms with Crippen molar-refractivity contribution in [2.75, 3.05) is 4.90 Å². The maximum absolute atomic E-state index is 5.14. The second-order valence-corrected chi connectivity index (χ2v) is 16.0. The zero-order chi connectivity index (χ0) is 42.4. The summed E-state index contributed by atoms with van der Waals surface area (Å²) in [4.78, 5) is 17.7. The molecule has 11 aromatic rings. The van der Waals surface area contributed by atoms with Gasteiger partial charge in [-0.3, -0.25) is 0 Å². The average molecular weight is 818 g/mol. The molecule has 9 aromatic carbocycles. The number of fused-ring (bicyclic) bond motifs is 7. The van der Waals surface area contributed by atoms with E-state index in [1.165, 1.54) is 22.1 Å². The monoisotopic (exact) mass is 817 g/mol. The summed E-state index contributed by atoms with van der Waals surface area (Å²) in [5, 5.41) is 1.17. The lowest BCUT2D eigenvalue weighted by Crippen LogP contribution is -2.11. The molecular formula is C59H39N5. The van der Waals surface area contributed by atoms with Gasteiger partial charge in [-0.2, -0.15) is 0 Å². The Bertz CT molecular complexity index is 3470. The number of hydrogen-bond donors (Lipinski definition) is 0. The molecule has 300 valence electrons. The van der Waals surface area contributed by atoms with E-state index in [0.717, 1.165) is 72.9 Å². The minimum Gasteiger partial charge on any atom is -0.309 e. The zero-order valence-corrected chi connectivity index (χ0v) is 34.8. The largest absolute Gasteiger partial charge is 0.309 e. The van der Waals surface area contributed by atoms with Crippen LogP contribution >= 0.6 is 0 Å². The Balaban J connectivity index is 1.03. The lowest BCUT2D eigenvalue weighted by atomic mass is 9.95. The van der Waals surface area contributed by atoms with Gasteiger partial charge < -0.3 is 9.47 Å². The van der Waals surface area contributed by atoms with E-state index in [0.29, 0.717) is 17.5 Å². The molecule has 5 nitrogen and oxygen atoms in total. The summed E-state index contributed by atoms with van der Waals surface area (Å²) in [7, 11) is 0. The van der Waals surface area contributed by atoms with Gasteiger partial charge in [0.15, 0.2) is 17.5 Å². The first-order valence-electron chi connectivity index (χ1n) is 21.6. The van der Waals surface area contributed by atoms with Crippen LogP contribution in [0.25, 0.3) is 95.4 Å². The quantitative estimate of drug-likeness (QED) is 0.161. The molecule has 0 atom stereocenters. The van der Waals surface area contributed by atoms with Gasteiger partial charge in [-0.1, -0.05) is 182 Å². The normalized spacial score (nSPS) is 11.7.